The molecule has 5 heteroatoms. The van der Waals surface area contributed by atoms with Gasteiger partial charge in [0.1, 0.15) is 0 Å². The normalized spacial score (nSPS) is 28.6. The molecule has 5 nitrogen and oxygen atoms in total. The van der Waals surface area contributed by atoms with Gasteiger partial charge in [-0.15, -0.1) is 0 Å². The second kappa shape index (κ2) is 3.74. The number of hydrogen-bond donors (Lipinski definition) is 2. The molecule has 0 spiro atoms. The molecule has 1 saturated heterocycles. The predicted molar refractivity (Wildman–Crippen MR) is 44.1 cm³/mol. The SMILES string of the molecule is CC1CC(O)CCN1C(=O)C(=O)O. The van der Waals surface area contributed by atoms with Crippen molar-refractivity contribution in [3.05, 3.63) is 0 Å². The zero-order valence-corrected chi connectivity index (χ0v) is 7.43. The first kappa shape index (κ1) is 9.98. The minimum absolute atomic E-state index is 0.188. The standard InChI is InChI=1S/C8H13NO4/c1-5-4-6(10)2-3-9(5)7(11)8(12)13/h5-6,10H,2-4H2,1H3,(H,12,13). The third-order valence-electron chi connectivity index (χ3n) is 2.29. The number of aliphatic hydroxyl groups excluding tert-OH is 1. The molecular formula is C8H13NO4. The van der Waals surface area contributed by atoms with Crippen molar-refractivity contribution in [2.24, 2.45) is 0 Å². The molecule has 0 radical (unpaired) electrons. The summed E-state index contributed by atoms with van der Waals surface area (Å²) in [5.41, 5.74) is 0. The fraction of sp³-hybridized carbons (Fsp3) is 0.750. The molecule has 0 aromatic rings. The summed E-state index contributed by atoms with van der Waals surface area (Å²) in [6, 6.07) is -0.188. The quantitative estimate of drug-likeness (QED) is 0.498. The minimum atomic E-state index is -1.43. The molecule has 0 aromatic heterocycles. The first-order valence-electron chi connectivity index (χ1n) is 4.24. The third kappa shape index (κ3) is 2.18. The van der Waals surface area contributed by atoms with E-state index in [9.17, 15) is 14.7 Å². The van der Waals surface area contributed by atoms with Gasteiger partial charge in [0.05, 0.1) is 6.10 Å². The maximum Gasteiger partial charge on any atom is 0.394 e. The average Bonchev–Trinajstić information content (AvgIpc) is 2.03. The molecular weight excluding hydrogens is 174 g/mol. The molecule has 1 rings (SSSR count). The smallest absolute Gasteiger partial charge is 0.394 e. The van der Waals surface area contributed by atoms with E-state index in [0.717, 1.165) is 0 Å². The molecule has 1 aliphatic rings. The van der Waals surface area contributed by atoms with Gasteiger partial charge >= 0.3 is 11.9 Å². The molecule has 0 bridgehead atoms. The lowest BCUT2D eigenvalue weighted by atomic mass is 10.0. The Kier molecular flexibility index (Phi) is 2.87. The van der Waals surface area contributed by atoms with Crippen LogP contribution in [0.3, 0.4) is 0 Å². The second-order valence-electron chi connectivity index (χ2n) is 3.33. The number of carbonyl (C=O) groups is 2. The summed E-state index contributed by atoms with van der Waals surface area (Å²) in [4.78, 5) is 22.7. The van der Waals surface area contributed by atoms with Crippen LogP contribution in [-0.2, 0) is 9.59 Å². The number of aliphatic carboxylic acids is 1. The van der Waals surface area contributed by atoms with E-state index in [0.29, 0.717) is 19.4 Å². The van der Waals surface area contributed by atoms with Gasteiger partial charge in [0.25, 0.3) is 0 Å². The van der Waals surface area contributed by atoms with Gasteiger partial charge in [-0.1, -0.05) is 0 Å². The highest BCUT2D eigenvalue weighted by atomic mass is 16.4. The van der Waals surface area contributed by atoms with Gasteiger partial charge in [-0.3, -0.25) is 4.79 Å². The van der Waals surface area contributed by atoms with Crippen LogP contribution >= 0.6 is 0 Å². The summed E-state index contributed by atoms with van der Waals surface area (Å²) in [7, 11) is 0. The third-order valence-corrected chi connectivity index (χ3v) is 2.29. The second-order valence-corrected chi connectivity index (χ2v) is 3.33. The van der Waals surface area contributed by atoms with E-state index in [4.69, 9.17) is 5.11 Å². The van der Waals surface area contributed by atoms with E-state index < -0.39 is 18.0 Å². The van der Waals surface area contributed by atoms with E-state index in [1.54, 1.807) is 6.92 Å². The van der Waals surface area contributed by atoms with Crippen LogP contribution in [0.4, 0.5) is 0 Å². The zero-order valence-electron chi connectivity index (χ0n) is 7.43. The molecule has 1 heterocycles. The highest BCUT2D eigenvalue weighted by molar-refractivity contribution is 6.31. The Morgan fingerprint density at radius 1 is 1.46 bits per heavy atom. The first-order valence-corrected chi connectivity index (χ1v) is 4.24. The van der Waals surface area contributed by atoms with Gasteiger partial charge in [0, 0.05) is 12.6 Å². The lowest BCUT2D eigenvalue weighted by Gasteiger charge is -2.34. The Morgan fingerprint density at radius 2 is 2.08 bits per heavy atom. The van der Waals surface area contributed by atoms with Crippen LogP contribution in [0.1, 0.15) is 19.8 Å². The lowest BCUT2D eigenvalue weighted by molar-refractivity contribution is -0.158. The van der Waals surface area contributed by atoms with Gasteiger partial charge in [-0.05, 0) is 19.8 Å². The van der Waals surface area contributed by atoms with Crippen molar-refractivity contribution in [3.8, 4) is 0 Å². The molecule has 2 unspecified atom stereocenters. The van der Waals surface area contributed by atoms with Gasteiger partial charge in [0.2, 0.25) is 0 Å². The van der Waals surface area contributed by atoms with Crippen LogP contribution in [0.25, 0.3) is 0 Å². The average molecular weight is 187 g/mol. The molecule has 0 aromatic carbocycles. The molecule has 1 aliphatic heterocycles. The molecule has 2 N–H and O–H groups in total. The number of rotatable bonds is 0. The molecule has 1 fully saturated rings. The van der Waals surface area contributed by atoms with Crippen LogP contribution in [-0.4, -0.2) is 45.7 Å². The Morgan fingerprint density at radius 3 is 2.54 bits per heavy atom. The van der Waals surface area contributed by atoms with Crippen molar-refractivity contribution in [3.63, 3.8) is 0 Å². The van der Waals surface area contributed by atoms with Crippen molar-refractivity contribution >= 4 is 11.9 Å². The number of aliphatic hydroxyl groups is 1. The number of likely N-dealkylation sites (tertiary alicyclic amines) is 1. The molecule has 2 atom stereocenters. The van der Waals surface area contributed by atoms with E-state index in [-0.39, 0.29) is 6.04 Å². The maximum absolute atomic E-state index is 11.1. The Hall–Kier alpha value is -1.10. The zero-order chi connectivity index (χ0) is 10.0. The summed E-state index contributed by atoms with van der Waals surface area (Å²) >= 11 is 0. The predicted octanol–water partition coefficient (Wildman–Crippen LogP) is -0.557. The van der Waals surface area contributed by atoms with Crippen LogP contribution in [0.2, 0.25) is 0 Å². The van der Waals surface area contributed by atoms with E-state index in [2.05, 4.69) is 0 Å². The Balaban J connectivity index is 2.61. The number of piperidine rings is 1. The molecule has 1 amide bonds. The number of nitrogens with zero attached hydrogens (tertiary/aromatic N) is 1. The Labute approximate surface area is 76.0 Å². The Bertz CT molecular complexity index is 228. The number of amides is 1. The topological polar surface area (TPSA) is 77.8 Å². The summed E-state index contributed by atoms with van der Waals surface area (Å²) in [6.45, 7) is 2.07. The van der Waals surface area contributed by atoms with Gasteiger partial charge in [0.15, 0.2) is 0 Å². The van der Waals surface area contributed by atoms with Crippen molar-refractivity contribution in [1.29, 1.82) is 0 Å². The van der Waals surface area contributed by atoms with E-state index in [1.165, 1.54) is 4.90 Å². The van der Waals surface area contributed by atoms with Crippen LogP contribution < -0.4 is 0 Å². The fourth-order valence-corrected chi connectivity index (χ4v) is 1.57. The van der Waals surface area contributed by atoms with Crippen LogP contribution in [0.15, 0.2) is 0 Å². The highest BCUT2D eigenvalue weighted by Gasteiger charge is 2.30. The van der Waals surface area contributed by atoms with E-state index in [1.807, 2.05) is 0 Å². The van der Waals surface area contributed by atoms with Crippen molar-refractivity contribution in [1.82, 2.24) is 4.90 Å². The molecule has 74 valence electrons. The fourth-order valence-electron chi connectivity index (χ4n) is 1.57. The number of hydrogen-bond acceptors (Lipinski definition) is 3. The summed E-state index contributed by atoms with van der Waals surface area (Å²) in [6.07, 6.45) is 0.510. The molecule has 0 aliphatic carbocycles. The summed E-state index contributed by atoms with van der Waals surface area (Å²) < 4.78 is 0. The van der Waals surface area contributed by atoms with Gasteiger partial charge in [-0.25, -0.2) is 4.79 Å². The highest BCUT2D eigenvalue weighted by Crippen LogP contribution is 2.16. The van der Waals surface area contributed by atoms with Crippen molar-refractivity contribution in [2.45, 2.75) is 31.9 Å². The lowest BCUT2D eigenvalue weighted by Crippen LogP contribution is -2.48. The van der Waals surface area contributed by atoms with E-state index >= 15 is 0 Å². The number of carbonyl (C=O) groups excluding carboxylic acids is 1. The molecule has 13 heavy (non-hydrogen) atoms. The van der Waals surface area contributed by atoms with Crippen LogP contribution in [0, 0.1) is 0 Å². The van der Waals surface area contributed by atoms with Crippen LogP contribution in [0.5, 0.6) is 0 Å². The largest absolute Gasteiger partial charge is 0.474 e. The first-order chi connectivity index (χ1) is 6.02. The molecule has 0 saturated carbocycles. The number of carboxylic acids is 1. The minimum Gasteiger partial charge on any atom is -0.474 e. The van der Waals surface area contributed by atoms with Gasteiger partial charge in [-0.2, -0.15) is 0 Å². The van der Waals surface area contributed by atoms with Crippen molar-refractivity contribution in [2.75, 3.05) is 6.54 Å². The number of carboxylic acid groups (broad SMARTS) is 1. The summed E-state index contributed by atoms with van der Waals surface area (Å²) in [5.74, 6) is -2.30. The van der Waals surface area contributed by atoms with Crippen molar-refractivity contribution < 1.29 is 19.8 Å². The summed E-state index contributed by atoms with van der Waals surface area (Å²) in [5, 5.41) is 17.7. The monoisotopic (exact) mass is 187 g/mol. The van der Waals surface area contributed by atoms with Gasteiger partial charge < -0.3 is 15.1 Å². The maximum atomic E-state index is 11.1.